The standard InChI is InChI=1S/C15H20ClN3O/c1-11(2)18-7-6-15(8-18)9-19(10-15)14(20)12-4-3-5-13(16)17-12/h3-5,11H,6-10H2,1-2H3. The molecule has 0 unspecified atom stereocenters. The number of amides is 1. The number of rotatable bonds is 2. The molecule has 1 aromatic heterocycles. The Morgan fingerprint density at radius 2 is 2.10 bits per heavy atom. The van der Waals surface area contributed by atoms with Crippen LogP contribution in [-0.4, -0.2) is 52.9 Å². The highest BCUT2D eigenvalue weighted by Crippen LogP contribution is 2.40. The summed E-state index contributed by atoms with van der Waals surface area (Å²) in [5.74, 6) is 0.00104. The molecule has 0 aromatic carbocycles. The number of aromatic nitrogens is 1. The van der Waals surface area contributed by atoms with Crippen molar-refractivity contribution in [2.75, 3.05) is 26.2 Å². The maximum Gasteiger partial charge on any atom is 0.272 e. The van der Waals surface area contributed by atoms with Gasteiger partial charge in [0.15, 0.2) is 0 Å². The van der Waals surface area contributed by atoms with Crippen LogP contribution in [0.1, 0.15) is 30.8 Å². The molecule has 0 aliphatic carbocycles. The molecule has 2 aliphatic heterocycles. The number of halogens is 1. The molecule has 0 radical (unpaired) electrons. The molecule has 1 amide bonds. The Labute approximate surface area is 124 Å². The number of pyridine rings is 1. The second-order valence-corrected chi connectivity index (χ2v) is 6.71. The van der Waals surface area contributed by atoms with Gasteiger partial charge in [-0.25, -0.2) is 4.98 Å². The van der Waals surface area contributed by atoms with Gasteiger partial charge in [0.2, 0.25) is 0 Å². The van der Waals surface area contributed by atoms with Crippen molar-refractivity contribution < 1.29 is 4.79 Å². The van der Waals surface area contributed by atoms with Crippen molar-refractivity contribution in [3.8, 4) is 0 Å². The Morgan fingerprint density at radius 3 is 2.70 bits per heavy atom. The molecule has 0 N–H and O–H groups in total. The van der Waals surface area contributed by atoms with Crippen LogP contribution < -0.4 is 0 Å². The van der Waals surface area contributed by atoms with Gasteiger partial charge in [-0.1, -0.05) is 17.7 Å². The van der Waals surface area contributed by atoms with Gasteiger partial charge in [0.1, 0.15) is 10.8 Å². The summed E-state index contributed by atoms with van der Waals surface area (Å²) in [5.41, 5.74) is 0.768. The number of likely N-dealkylation sites (tertiary alicyclic amines) is 2. The maximum atomic E-state index is 12.3. The minimum atomic E-state index is 0.00104. The third-order valence-electron chi connectivity index (χ3n) is 4.47. The normalized spacial score (nSPS) is 21.5. The average Bonchev–Trinajstić information content (AvgIpc) is 2.81. The first kappa shape index (κ1) is 13.8. The zero-order chi connectivity index (χ0) is 14.3. The molecule has 5 heteroatoms. The summed E-state index contributed by atoms with van der Waals surface area (Å²) >= 11 is 5.84. The van der Waals surface area contributed by atoms with E-state index in [4.69, 9.17) is 11.6 Å². The topological polar surface area (TPSA) is 36.4 Å². The molecular formula is C15H20ClN3O. The summed E-state index contributed by atoms with van der Waals surface area (Å²) in [5, 5.41) is 0.373. The van der Waals surface area contributed by atoms with Crippen LogP contribution in [-0.2, 0) is 0 Å². The van der Waals surface area contributed by atoms with Crippen LogP contribution in [0.3, 0.4) is 0 Å². The van der Waals surface area contributed by atoms with Crippen molar-refractivity contribution in [2.24, 2.45) is 5.41 Å². The largest absolute Gasteiger partial charge is 0.336 e. The lowest BCUT2D eigenvalue weighted by molar-refractivity contribution is 0.00888. The Morgan fingerprint density at radius 1 is 1.35 bits per heavy atom. The van der Waals surface area contributed by atoms with E-state index in [0.717, 1.165) is 26.2 Å². The minimum absolute atomic E-state index is 0.00104. The van der Waals surface area contributed by atoms with E-state index in [-0.39, 0.29) is 5.91 Å². The highest BCUT2D eigenvalue weighted by atomic mass is 35.5. The van der Waals surface area contributed by atoms with Crippen LogP contribution >= 0.6 is 11.6 Å². The first-order valence-corrected chi connectivity index (χ1v) is 7.53. The Kier molecular flexibility index (Phi) is 3.46. The molecule has 2 fully saturated rings. The van der Waals surface area contributed by atoms with Crippen LogP contribution in [0.25, 0.3) is 0 Å². The second kappa shape index (κ2) is 5.01. The summed E-state index contributed by atoms with van der Waals surface area (Å²) in [6.07, 6.45) is 1.19. The highest BCUT2D eigenvalue weighted by Gasteiger charge is 2.49. The van der Waals surface area contributed by atoms with Crippen molar-refractivity contribution in [2.45, 2.75) is 26.3 Å². The van der Waals surface area contributed by atoms with Crippen LogP contribution in [0, 0.1) is 5.41 Å². The molecule has 4 nitrogen and oxygen atoms in total. The molecule has 0 atom stereocenters. The Hall–Kier alpha value is -1.13. The number of hydrogen-bond acceptors (Lipinski definition) is 3. The Balaban J connectivity index is 1.62. The zero-order valence-corrected chi connectivity index (χ0v) is 12.7. The van der Waals surface area contributed by atoms with Gasteiger partial charge in [-0.3, -0.25) is 4.79 Å². The Bertz CT molecular complexity index is 526. The van der Waals surface area contributed by atoms with E-state index in [9.17, 15) is 4.79 Å². The molecule has 108 valence electrons. The second-order valence-electron chi connectivity index (χ2n) is 6.32. The third kappa shape index (κ3) is 2.42. The van der Waals surface area contributed by atoms with Crippen molar-refractivity contribution in [1.82, 2.24) is 14.8 Å². The fourth-order valence-electron chi connectivity index (χ4n) is 3.27. The molecule has 0 bridgehead atoms. The van der Waals surface area contributed by atoms with Crippen molar-refractivity contribution in [3.05, 3.63) is 29.0 Å². The number of carbonyl (C=O) groups excluding carboxylic acids is 1. The molecule has 3 rings (SSSR count). The van der Waals surface area contributed by atoms with E-state index < -0.39 is 0 Å². The van der Waals surface area contributed by atoms with Crippen LogP contribution in [0.4, 0.5) is 0 Å². The lowest BCUT2D eigenvalue weighted by atomic mass is 9.79. The fourth-order valence-corrected chi connectivity index (χ4v) is 3.43. The van der Waals surface area contributed by atoms with Gasteiger partial charge in [-0.15, -0.1) is 0 Å². The summed E-state index contributed by atoms with van der Waals surface area (Å²) < 4.78 is 0. The first-order valence-electron chi connectivity index (χ1n) is 7.15. The van der Waals surface area contributed by atoms with E-state index in [1.165, 1.54) is 6.42 Å². The van der Waals surface area contributed by atoms with E-state index in [1.54, 1.807) is 18.2 Å². The molecule has 2 saturated heterocycles. The number of nitrogens with zero attached hydrogens (tertiary/aromatic N) is 3. The van der Waals surface area contributed by atoms with Gasteiger partial charge in [-0.05, 0) is 38.9 Å². The fraction of sp³-hybridized carbons (Fsp3) is 0.600. The van der Waals surface area contributed by atoms with Gasteiger partial charge < -0.3 is 9.80 Å². The SMILES string of the molecule is CC(C)N1CCC2(CN(C(=O)c3cccc(Cl)n3)C2)C1. The smallest absolute Gasteiger partial charge is 0.272 e. The van der Waals surface area contributed by atoms with Gasteiger partial charge in [-0.2, -0.15) is 0 Å². The number of hydrogen-bond donors (Lipinski definition) is 0. The average molecular weight is 294 g/mol. The molecule has 20 heavy (non-hydrogen) atoms. The first-order chi connectivity index (χ1) is 9.49. The molecule has 1 spiro atoms. The highest BCUT2D eigenvalue weighted by molar-refractivity contribution is 6.29. The maximum absolute atomic E-state index is 12.3. The minimum Gasteiger partial charge on any atom is -0.336 e. The van der Waals surface area contributed by atoms with Gasteiger partial charge in [0.25, 0.3) is 5.91 Å². The molecule has 0 saturated carbocycles. The van der Waals surface area contributed by atoms with Crippen LogP contribution in [0.2, 0.25) is 5.15 Å². The van der Waals surface area contributed by atoms with E-state index in [1.807, 2.05) is 4.90 Å². The molecule has 2 aliphatic rings. The predicted molar refractivity (Wildman–Crippen MR) is 78.9 cm³/mol. The molecule has 3 heterocycles. The van der Waals surface area contributed by atoms with Crippen molar-refractivity contribution in [3.63, 3.8) is 0 Å². The summed E-state index contributed by atoms with van der Waals surface area (Å²) in [6, 6.07) is 5.78. The summed E-state index contributed by atoms with van der Waals surface area (Å²) in [7, 11) is 0. The van der Waals surface area contributed by atoms with E-state index in [2.05, 4.69) is 23.7 Å². The van der Waals surface area contributed by atoms with Gasteiger partial charge >= 0.3 is 0 Å². The quantitative estimate of drug-likeness (QED) is 0.785. The van der Waals surface area contributed by atoms with Gasteiger partial charge in [0, 0.05) is 31.1 Å². The lowest BCUT2D eigenvalue weighted by Gasteiger charge is -2.48. The van der Waals surface area contributed by atoms with Crippen LogP contribution in [0.15, 0.2) is 18.2 Å². The van der Waals surface area contributed by atoms with Crippen molar-refractivity contribution in [1.29, 1.82) is 0 Å². The molecule has 1 aromatic rings. The number of carbonyl (C=O) groups is 1. The summed E-state index contributed by atoms with van der Waals surface area (Å²) in [4.78, 5) is 20.8. The van der Waals surface area contributed by atoms with Crippen molar-refractivity contribution >= 4 is 17.5 Å². The van der Waals surface area contributed by atoms with E-state index in [0.29, 0.717) is 22.3 Å². The molecular weight excluding hydrogens is 274 g/mol. The van der Waals surface area contributed by atoms with Gasteiger partial charge in [0.05, 0.1) is 0 Å². The zero-order valence-electron chi connectivity index (χ0n) is 12.0. The van der Waals surface area contributed by atoms with Crippen LogP contribution in [0.5, 0.6) is 0 Å². The lowest BCUT2D eigenvalue weighted by Crippen LogP contribution is -2.59. The predicted octanol–water partition coefficient (Wildman–Crippen LogP) is 2.29. The monoisotopic (exact) mass is 293 g/mol. The summed E-state index contributed by atoms with van der Waals surface area (Å²) in [6.45, 7) is 8.42. The third-order valence-corrected chi connectivity index (χ3v) is 4.68. The van der Waals surface area contributed by atoms with E-state index >= 15 is 0 Å².